The second kappa shape index (κ2) is 14.7. The number of benzene rings is 2. The average molecular weight is 629 g/mol. The number of carboxylic acid groups (broad SMARTS) is 1. The van der Waals surface area contributed by atoms with Crippen molar-refractivity contribution in [2.24, 2.45) is 5.84 Å². The molecule has 2 aromatic carbocycles. The number of carbonyl (C=O) groups is 2. The second-order valence-corrected chi connectivity index (χ2v) is 10.1. The summed E-state index contributed by atoms with van der Waals surface area (Å²) in [5, 5.41) is 9.70. The number of piperidine rings is 1. The predicted molar refractivity (Wildman–Crippen MR) is 158 cm³/mol. The molecule has 9 nitrogen and oxygen atoms in total. The second-order valence-electron chi connectivity index (χ2n) is 10.1. The minimum Gasteiger partial charge on any atom is -0.485 e. The lowest BCUT2D eigenvalue weighted by Gasteiger charge is -2.31. The van der Waals surface area contributed by atoms with Gasteiger partial charge in [-0.05, 0) is 55.0 Å². The zero-order valence-corrected chi connectivity index (χ0v) is 24.4. The Morgan fingerprint density at radius 1 is 1.16 bits per heavy atom. The number of halogens is 4. The minimum atomic E-state index is -3.31. The molecular weight excluding hydrogens is 596 g/mol. The van der Waals surface area contributed by atoms with Crippen LogP contribution in [0.1, 0.15) is 36.8 Å². The van der Waals surface area contributed by atoms with Crippen molar-refractivity contribution in [3.63, 3.8) is 0 Å². The standard InChI is InChI=1S/C32H32F4N4O5/c1-3-23(31(41)42)28(30(35)36)40(37)27-7-5-6-26(38-27)24-16-22(33)17-25(34)29(24)45-18-19-8-10-20(11-9-19)21-12-14-39(15-13-21)32(43)44-4-2/h3,5-11,16-17,21,30H,1,4,12-15,18,37H2,2H3,(H,41,42)/b28-23+. The molecule has 1 saturated heterocycles. The normalized spacial score (nSPS) is 14.2. The van der Waals surface area contributed by atoms with Gasteiger partial charge in [0.1, 0.15) is 23.9 Å². The number of allylic oxidation sites excluding steroid dienone is 1. The number of likely N-dealkylation sites (tertiary alicyclic amines) is 1. The molecule has 0 saturated carbocycles. The maximum atomic E-state index is 15.0. The Morgan fingerprint density at radius 2 is 1.84 bits per heavy atom. The largest absolute Gasteiger partial charge is 0.485 e. The number of hydrazine groups is 1. The SMILES string of the molecule is C=C/C(C(=O)O)=C(/C(F)F)N(N)c1cccc(-c2cc(F)cc(F)c2OCc2ccc(C3CCN(C(=O)OCC)CC3)cc2)n1. The molecule has 0 atom stereocenters. The van der Waals surface area contributed by atoms with Crippen molar-refractivity contribution in [2.75, 3.05) is 24.7 Å². The van der Waals surface area contributed by atoms with Gasteiger partial charge in [-0.3, -0.25) is 5.01 Å². The topological polar surface area (TPSA) is 118 Å². The van der Waals surface area contributed by atoms with E-state index in [1.165, 1.54) is 18.2 Å². The fourth-order valence-corrected chi connectivity index (χ4v) is 5.03. The number of aliphatic carboxylic acids is 1. The number of pyridine rings is 1. The van der Waals surface area contributed by atoms with Crippen molar-refractivity contribution in [1.82, 2.24) is 9.88 Å². The number of amides is 1. The van der Waals surface area contributed by atoms with Crippen LogP contribution in [0.4, 0.5) is 28.2 Å². The number of ether oxygens (including phenoxy) is 2. The van der Waals surface area contributed by atoms with Gasteiger partial charge in [-0.1, -0.05) is 43.0 Å². The molecular formula is C32H32F4N4O5. The van der Waals surface area contributed by atoms with Crippen molar-refractivity contribution >= 4 is 17.9 Å². The lowest BCUT2D eigenvalue weighted by molar-refractivity contribution is -0.132. The van der Waals surface area contributed by atoms with E-state index in [0.29, 0.717) is 36.3 Å². The highest BCUT2D eigenvalue weighted by Crippen LogP contribution is 2.35. The van der Waals surface area contributed by atoms with Gasteiger partial charge < -0.3 is 19.5 Å². The molecule has 3 aromatic rings. The summed E-state index contributed by atoms with van der Waals surface area (Å²) in [6.45, 7) is 6.44. The van der Waals surface area contributed by atoms with E-state index in [2.05, 4.69) is 11.6 Å². The summed E-state index contributed by atoms with van der Waals surface area (Å²) in [4.78, 5) is 29.3. The highest BCUT2D eigenvalue weighted by molar-refractivity contribution is 5.91. The van der Waals surface area contributed by atoms with Gasteiger partial charge in [0.15, 0.2) is 11.6 Å². The van der Waals surface area contributed by atoms with Gasteiger partial charge in [-0.2, -0.15) is 0 Å². The van der Waals surface area contributed by atoms with Gasteiger partial charge in [0, 0.05) is 24.7 Å². The molecule has 0 spiro atoms. The number of nitrogens with zero attached hydrogens (tertiary/aromatic N) is 3. The molecule has 13 heteroatoms. The van der Waals surface area contributed by atoms with Crippen LogP contribution >= 0.6 is 0 Å². The Hall–Kier alpha value is -4.91. The summed E-state index contributed by atoms with van der Waals surface area (Å²) >= 11 is 0. The van der Waals surface area contributed by atoms with Crippen LogP contribution in [0.5, 0.6) is 5.75 Å². The van der Waals surface area contributed by atoms with Crippen molar-refractivity contribution in [1.29, 1.82) is 0 Å². The van der Waals surface area contributed by atoms with Crippen LogP contribution < -0.4 is 15.6 Å². The van der Waals surface area contributed by atoms with Crippen molar-refractivity contribution in [3.8, 4) is 17.0 Å². The molecule has 0 unspecified atom stereocenters. The van der Waals surface area contributed by atoms with Gasteiger partial charge in [0.2, 0.25) is 0 Å². The molecule has 238 valence electrons. The van der Waals surface area contributed by atoms with Gasteiger partial charge in [-0.15, -0.1) is 0 Å². The van der Waals surface area contributed by atoms with Crippen molar-refractivity contribution < 1.29 is 41.7 Å². The minimum absolute atomic E-state index is 0.0649. The van der Waals surface area contributed by atoms with Crippen LogP contribution in [-0.4, -0.2) is 53.2 Å². The van der Waals surface area contributed by atoms with Crippen LogP contribution in [0.2, 0.25) is 0 Å². The van der Waals surface area contributed by atoms with Gasteiger partial charge in [0.25, 0.3) is 6.43 Å². The summed E-state index contributed by atoms with van der Waals surface area (Å²) in [5.74, 6) is 1.83. The van der Waals surface area contributed by atoms with Crippen LogP contribution in [0.25, 0.3) is 11.3 Å². The zero-order chi connectivity index (χ0) is 32.7. The number of hydrogen-bond acceptors (Lipinski definition) is 7. The quantitative estimate of drug-likeness (QED) is 0.0823. The van der Waals surface area contributed by atoms with E-state index in [9.17, 15) is 27.9 Å². The Balaban J connectivity index is 1.53. The average Bonchev–Trinajstić information content (AvgIpc) is 3.02. The molecule has 1 aliphatic heterocycles. The van der Waals surface area contributed by atoms with E-state index in [0.717, 1.165) is 30.5 Å². The van der Waals surface area contributed by atoms with E-state index < -0.39 is 35.3 Å². The van der Waals surface area contributed by atoms with Gasteiger partial charge in [-0.25, -0.2) is 38.0 Å². The molecule has 1 fully saturated rings. The first-order valence-electron chi connectivity index (χ1n) is 14.1. The smallest absolute Gasteiger partial charge is 0.409 e. The lowest BCUT2D eigenvalue weighted by Crippen LogP contribution is -2.38. The lowest BCUT2D eigenvalue weighted by atomic mass is 9.89. The summed E-state index contributed by atoms with van der Waals surface area (Å²) < 4.78 is 67.9. The van der Waals surface area contributed by atoms with E-state index in [1.807, 2.05) is 24.3 Å². The van der Waals surface area contributed by atoms with E-state index in [-0.39, 0.29) is 41.4 Å². The summed E-state index contributed by atoms with van der Waals surface area (Å²) in [6, 6.07) is 13.1. The highest BCUT2D eigenvalue weighted by atomic mass is 19.3. The summed E-state index contributed by atoms with van der Waals surface area (Å²) in [5.41, 5.74) is -0.305. The predicted octanol–water partition coefficient (Wildman–Crippen LogP) is 6.41. The summed E-state index contributed by atoms with van der Waals surface area (Å²) in [6.07, 6.45) is -1.33. The third-order valence-corrected chi connectivity index (χ3v) is 7.30. The Morgan fingerprint density at radius 3 is 2.44 bits per heavy atom. The first-order valence-corrected chi connectivity index (χ1v) is 14.1. The molecule has 1 amide bonds. The van der Waals surface area contributed by atoms with Crippen molar-refractivity contribution in [3.05, 3.63) is 101 Å². The number of carbonyl (C=O) groups excluding carboxylic acids is 1. The summed E-state index contributed by atoms with van der Waals surface area (Å²) in [7, 11) is 0. The number of aromatic nitrogens is 1. The molecule has 0 aliphatic carbocycles. The fourth-order valence-electron chi connectivity index (χ4n) is 5.03. The number of hydrogen-bond donors (Lipinski definition) is 2. The molecule has 0 radical (unpaired) electrons. The maximum Gasteiger partial charge on any atom is 0.409 e. The molecule has 4 rings (SSSR count). The monoisotopic (exact) mass is 628 g/mol. The number of carboxylic acids is 1. The number of alkyl halides is 2. The van der Waals surface area contributed by atoms with Crippen LogP contribution in [0.15, 0.2) is 78.5 Å². The Kier molecular flexibility index (Phi) is 10.8. The maximum absolute atomic E-state index is 15.0. The molecule has 3 N–H and O–H groups in total. The van der Waals surface area contributed by atoms with E-state index in [1.54, 1.807) is 11.8 Å². The molecule has 45 heavy (non-hydrogen) atoms. The van der Waals surface area contributed by atoms with Gasteiger partial charge >= 0.3 is 12.1 Å². The third-order valence-electron chi connectivity index (χ3n) is 7.30. The molecule has 1 aliphatic rings. The number of rotatable bonds is 11. The Bertz CT molecular complexity index is 1570. The first kappa shape index (κ1) is 33.0. The first-order chi connectivity index (χ1) is 21.5. The number of nitrogens with two attached hydrogens (primary N) is 1. The Labute approximate surface area is 257 Å². The van der Waals surface area contributed by atoms with E-state index in [4.69, 9.17) is 15.3 Å². The van der Waals surface area contributed by atoms with E-state index >= 15 is 4.39 Å². The molecule has 0 bridgehead atoms. The molecule has 2 heterocycles. The van der Waals surface area contributed by atoms with Gasteiger partial charge in [0.05, 0.1) is 17.9 Å². The number of anilines is 1. The third kappa shape index (κ3) is 7.79. The molecule has 1 aromatic heterocycles. The highest BCUT2D eigenvalue weighted by Gasteiger charge is 2.27. The van der Waals surface area contributed by atoms with Crippen LogP contribution in [0.3, 0.4) is 0 Å². The zero-order valence-electron chi connectivity index (χ0n) is 24.4. The fraction of sp³-hybridized carbons (Fsp3) is 0.281. The van der Waals surface area contributed by atoms with Crippen LogP contribution in [0, 0.1) is 11.6 Å². The van der Waals surface area contributed by atoms with Crippen LogP contribution in [-0.2, 0) is 16.1 Å². The van der Waals surface area contributed by atoms with Crippen molar-refractivity contribution in [2.45, 2.75) is 38.7 Å².